The number of amides is 1. The third kappa shape index (κ3) is 4.90. The normalized spacial score (nSPS) is 10.7. The maximum absolute atomic E-state index is 13.0. The van der Waals surface area contributed by atoms with Crippen molar-refractivity contribution < 1.29 is 14.3 Å². The number of rotatable bonds is 7. The Labute approximate surface area is 193 Å². The van der Waals surface area contributed by atoms with Crippen LogP contribution >= 0.6 is 11.3 Å². The molecule has 0 saturated carbocycles. The summed E-state index contributed by atoms with van der Waals surface area (Å²) in [5, 5.41) is 3.31. The van der Waals surface area contributed by atoms with Gasteiger partial charge in [0, 0.05) is 13.6 Å². The second kappa shape index (κ2) is 9.61. The molecule has 0 aliphatic rings. The van der Waals surface area contributed by atoms with Crippen molar-refractivity contribution in [3.8, 4) is 0 Å². The molecule has 0 aliphatic heterocycles. The second-order valence-corrected chi connectivity index (χ2v) is 8.23. The van der Waals surface area contributed by atoms with Gasteiger partial charge >= 0.3 is 5.97 Å². The summed E-state index contributed by atoms with van der Waals surface area (Å²) in [6.07, 6.45) is 1.30. The van der Waals surface area contributed by atoms with E-state index in [0.717, 1.165) is 5.56 Å². The SMILES string of the molecule is COC(=O)c1ccccc1NC(=O)Cn1cnc2nc(N(C)Cc3ccccc3)sc2c1=O. The third-order valence-electron chi connectivity index (χ3n) is 4.88. The van der Waals surface area contributed by atoms with Crippen LogP contribution < -0.4 is 15.8 Å². The highest BCUT2D eigenvalue weighted by molar-refractivity contribution is 7.22. The van der Waals surface area contributed by atoms with Crippen molar-refractivity contribution in [2.24, 2.45) is 0 Å². The number of aromatic nitrogens is 3. The van der Waals surface area contributed by atoms with Crippen molar-refractivity contribution in [1.82, 2.24) is 14.5 Å². The molecule has 0 atom stereocenters. The van der Waals surface area contributed by atoms with Gasteiger partial charge in [-0.05, 0) is 17.7 Å². The lowest BCUT2D eigenvalue weighted by Gasteiger charge is -2.15. The number of benzene rings is 2. The molecule has 0 fully saturated rings. The molecule has 10 heteroatoms. The van der Waals surface area contributed by atoms with Crippen LogP contribution in [0.25, 0.3) is 10.3 Å². The Bertz CT molecular complexity index is 1370. The summed E-state index contributed by atoms with van der Waals surface area (Å²) in [4.78, 5) is 48.1. The van der Waals surface area contributed by atoms with E-state index in [1.807, 2.05) is 42.3 Å². The number of carbonyl (C=O) groups is 2. The molecule has 0 radical (unpaired) electrons. The summed E-state index contributed by atoms with van der Waals surface area (Å²) < 4.78 is 6.33. The molecule has 1 amide bonds. The van der Waals surface area contributed by atoms with E-state index < -0.39 is 11.9 Å². The standard InChI is InChI=1S/C23H21N5O4S/c1-27(12-15-8-4-3-5-9-15)23-26-20-19(33-23)21(30)28(14-24-20)13-18(29)25-17-11-7-6-10-16(17)22(31)32-2/h3-11,14H,12-13H2,1-2H3,(H,25,29). The fourth-order valence-electron chi connectivity index (χ4n) is 3.26. The van der Waals surface area contributed by atoms with E-state index in [1.54, 1.807) is 24.3 Å². The highest BCUT2D eigenvalue weighted by Crippen LogP contribution is 2.25. The molecule has 0 bridgehead atoms. The topological polar surface area (TPSA) is 106 Å². The zero-order valence-corrected chi connectivity index (χ0v) is 18.8. The smallest absolute Gasteiger partial charge is 0.339 e. The molecule has 4 aromatic rings. The Hall–Kier alpha value is -4.05. The number of hydrogen-bond donors (Lipinski definition) is 1. The number of carbonyl (C=O) groups excluding carboxylic acids is 2. The highest BCUT2D eigenvalue weighted by atomic mass is 32.1. The van der Waals surface area contributed by atoms with Crippen molar-refractivity contribution in [3.05, 3.63) is 82.4 Å². The Kier molecular flexibility index (Phi) is 6.45. The lowest BCUT2D eigenvalue weighted by atomic mass is 10.2. The molecule has 0 saturated heterocycles. The van der Waals surface area contributed by atoms with Gasteiger partial charge in [0.2, 0.25) is 5.91 Å². The number of ether oxygens (including phenoxy) is 1. The first-order chi connectivity index (χ1) is 16.0. The van der Waals surface area contributed by atoms with Crippen molar-refractivity contribution >= 4 is 44.4 Å². The van der Waals surface area contributed by atoms with Gasteiger partial charge in [-0.15, -0.1) is 0 Å². The minimum Gasteiger partial charge on any atom is -0.465 e. The number of esters is 1. The largest absolute Gasteiger partial charge is 0.465 e. The Morgan fingerprint density at radius 2 is 1.85 bits per heavy atom. The first kappa shape index (κ1) is 22.2. The van der Waals surface area contributed by atoms with Gasteiger partial charge in [-0.3, -0.25) is 14.2 Å². The van der Waals surface area contributed by atoms with Gasteiger partial charge in [-0.2, -0.15) is 4.98 Å². The van der Waals surface area contributed by atoms with Crippen molar-refractivity contribution in [3.63, 3.8) is 0 Å². The van der Waals surface area contributed by atoms with Gasteiger partial charge in [0.15, 0.2) is 10.8 Å². The number of nitrogens with zero attached hydrogens (tertiary/aromatic N) is 4. The van der Waals surface area contributed by atoms with Crippen LogP contribution in [-0.2, 0) is 22.6 Å². The Morgan fingerprint density at radius 1 is 1.12 bits per heavy atom. The van der Waals surface area contributed by atoms with E-state index in [2.05, 4.69) is 15.3 Å². The van der Waals surface area contributed by atoms with Crippen molar-refractivity contribution in [1.29, 1.82) is 0 Å². The lowest BCUT2D eigenvalue weighted by Crippen LogP contribution is -2.28. The average molecular weight is 464 g/mol. The number of hydrogen-bond acceptors (Lipinski definition) is 8. The fourth-order valence-corrected chi connectivity index (χ4v) is 4.19. The van der Waals surface area contributed by atoms with E-state index in [-0.39, 0.29) is 17.7 Å². The predicted octanol–water partition coefficient (Wildman–Crippen LogP) is 2.91. The maximum Gasteiger partial charge on any atom is 0.339 e. The Morgan fingerprint density at radius 3 is 2.61 bits per heavy atom. The molecular weight excluding hydrogens is 442 g/mol. The molecule has 2 aromatic heterocycles. The molecule has 2 heterocycles. The zero-order chi connectivity index (χ0) is 23.4. The van der Waals surface area contributed by atoms with E-state index in [1.165, 1.54) is 29.3 Å². The number of nitrogens with one attached hydrogen (secondary N) is 1. The molecule has 168 valence electrons. The fraction of sp³-hybridized carbons (Fsp3) is 0.174. The van der Waals surface area contributed by atoms with Crippen LogP contribution in [0.2, 0.25) is 0 Å². The third-order valence-corrected chi connectivity index (χ3v) is 6.03. The van der Waals surface area contributed by atoms with E-state index in [9.17, 15) is 14.4 Å². The molecule has 9 nitrogen and oxygen atoms in total. The number of para-hydroxylation sites is 1. The van der Waals surface area contributed by atoms with E-state index >= 15 is 0 Å². The number of fused-ring (bicyclic) bond motifs is 1. The summed E-state index contributed by atoms with van der Waals surface area (Å²) in [6, 6.07) is 16.4. The van der Waals surface area contributed by atoms with Crippen LogP contribution in [0, 0.1) is 0 Å². The Balaban J connectivity index is 1.52. The zero-order valence-electron chi connectivity index (χ0n) is 18.0. The van der Waals surface area contributed by atoms with E-state index in [4.69, 9.17) is 4.74 Å². The highest BCUT2D eigenvalue weighted by Gasteiger charge is 2.17. The molecular formula is C23H21N5O4S. The number of anilines is 2. The molecule has 2 aromatic carbocycles. The maximum atomic E-state index is 13.0. The predicted molar refractivity (Wildman–Crippen MR) is 127 cm³/mol. The molecule has 1 N–H and O–H groups in total. The van der Waals surface area contributed by atoms with Gasteiger partial charge in [0.25, 0.3) is 5.56 Å². The molecule has 33 heavy (non-hydrogen) atoms. The first-order valence-electron chi connectivity index (χ1n) is 10.0. The summed E-state index contributed by atoms with van der Waals surface area (Å²) >= 11 is 1.23. The van der Waals surface area contributed by atoms with Gasteiger partial charge in [0.05, 0.1) is 18.4 Å². The van der Waals surface area contributed by atoms with Gasteiger partial charge < -0.3 is 15.0 Å². The van der Waals surface area contributed by atoms with Gasteiger partial charge in [-0.25, -0.2) is 9.78 Å². The van der Waals surface area contributed by atoms with Crippen LogP contribution in [0.4, 0.5) is 10.8 Å². The van der Waals surface area contributed by atoms with Crippen LogP contribution in [0.15, 0.2) is 65.7 Å². The minimum atomic E-state index is -0.567. The molecule has 4 rings (SSSR count). The minimum absolute atomic E-state index is 0.225. The van der Waals surface area contributed by atoms with Crippen molar-refractivity contribution in [2.75, 3.05) is 24.4 Å². The summed E-state index contributed by atoms with van der Waals surface area (Å²) in [5.74, 6) is -1.04. The lowest BCUT2D eigenvalue weighted by molar-refractivity contribution is -0.116. The van der Waals surface area contributed by atoms with Crippen LogP contribution in [0.3, 0.4) is 0 Å². The number of thiazole rings is 1. The first-order valence-corrected chi connectivity index (χ1v) is 10.9. The van der Waals surface area contributed by atoms with E-state index in [0.29, 0.717) is 27.7 Å². The van der Waals surface area contributed by atoms with Gasteiger partial charge in [0.1, 0.15) is 17.6 Å². The van der Waals surface area contributed by atoms with Crippen molar-refractivity contribution in [2.45, 2.75) is 13.1 Å². The second-order valence-electron chi connectivity index (χ2n) is 7.25. The number of methoxy groups -OCH3 is 1. The molecule has 0 aliphatic carbocycles. The molecule has 0 unspecified atom stereocenters. The summed E-state index contributed by atoms with van der Waals surface area (Å²) in [7, 11) is 3.16. The van der Waals surface area contributed by atoms with Crippen LogP contribution in [-0.4, -0.2) is 40.6 Å². The summed E-state index contributed by atoms with van der Waals surface area (Å²) in [5.41, 5.74) is 1.64. The molecule has 0 spiro atoms. The van der Waals surface area contributed by atoms with Crippen LogP contribution in [0.5, 0.6) is 0 Å². The quantitative estimate of drug-likeness (QED) is 0.420. The average Bonchev–Trinajstić information content (AvgIpc) is 3.27. The summed E-state index contributed by atoms with van der Waals surface area (Å²) in [6.45, 7) is 0.376. The van der Waals surface area contributed by atoms with Gasteiger partial charge in [-0.1, -0.05) is 53.8 Å². The monoisotopic (exact) mass is 463 g/mol. The van der Waals surface area contributed by atoms with Crippen LogP contribution in [0.1, 0.15) is 15.9 Å².